The van der Waals surface area contributed by atoms with Crippen LogP contribution in [0.4, 0.5) is 4.79 Å². The summed E-state index contributed by atoms with van der Waals surface area (Å²) in [5.74, 6) is -0.0694. The number of imide groups is 1. The van der Waals surface area contributed by atoms with Crippen molar-refractivity contribution in [3.63, 3.8) is 0 Å². The van der Waals surface area contributed by atoms with Crippen LogP contribution < -0.4 is 0 Å². The Kier molecular flexibility index (Phi) is 3.60. The minimum absolute atomic E-state index is 0.0694. The number of aryl methyl sites for hydroxylation is 1. The van der Waals surface area contributed by atoms with E-state index in [4.69, 9.17) is 0 Å². The Hall–Kier alpha value is -1.88. The number of benzene rings is 1. The molecule has 1 heterocycles. The van der Waals surface area contributed by atoms with Gasteiger partial charge in [0.25, 0.3) is 0 Å². The second-order valence-corrected chi connectivity index (χ2v) is 6.76. The lowest BCUT2D eigenvalue weighted by atomic mass is 10.1. The number of carbonyl (C=O) groups excluding carboxylic acids is 2. The van der Waals surface area contributed by atoms with Crippen molar-refractivity contribution in [3.8, 4) is 0 Å². The summed E-state index contributed by atoms with van der Waals surface area (Å²) in [4.78, 5) is 29.9. The smallest absolute Gasteiger partial charge is 0.302 e. The fourth-order valence-electron chi connectivity index (χ4n) is 3.97. The van der Waals surface area contributed by atoms with Crippen LogP contribution in [-0.4, -0.2) is 52.4 Å². The normalized spacial score (nSPS) is 24.0. The van der Waals surface area contributed by atoms with Gasteiger partial charge in [-0.05, 0) is 43.7 Å². The van der Waals surface area contributed by atoms with E-state index in [-0.39, 0.29) is 18.5 Å². The average molecular weight is 313 g/mol. The Morgan fingerprint density at radius 1 is 1.17 bits per heavy atom. The Labute approximate surface area is 136 Å². The first-order valence-corrected chi connectivity index (χ1v) is 8.62. The van der Waals surface area contributed by atoms with Crippen molar-refractivity contribution in [1.29, 1.82) is 0 Å². The molecule has 1 atom stereocenters. The molecule has 3 amide bonds. The van der Waals surface area contributed by atoms with Crippen LogP contribution in [0.15, 0.2) is 24.3 Å². The van der Waals surface area contributed by atoms with E-state index in [0.29, 0.717) is 25.3 Å². The van der Waals surface area contributed by atoms with E-state index in [9.17, 15) is 9.59 Å². The van der Waals surface area contributed by atoms with E-state index in [1.54, 1.807) is 4.90 Å². The number of fused-ring (bicyclic) bond motifs is 1. The molecule has 23 heavy (non-hydrogen) atoms. The quantitative estimate of drug-likeness (QED) is 0.784. The molecule has 1 aromatic carbocycles. The molecule has 2 aliphatic carbocycles. The summed E-state index contributed by atoms with van der Waals surface area (Å²) in [5.41, 5.74) is 2.84. The van der Waals surface area contributed by atoms with Crippen LogP contribution in [0.3, 0.4) is 0 Å². The molecule has 5 heteroatoms. The molecule has 1 aliphatic heterocycles. The van der Waals surface area contributed by atoms with Gasteiger partial charge in [0.05, 0.1) is 6.67 Å². The Morgan fingerprint density at radius 2 is 1.96 bits per heavy atom. The Bertz CT molecular complexity index is 641. The summed E-state index contributed by atoms with van der Waals surface area (Å²) < 4.78 is 0. The van der Waals surface area contributed by atoms with Crippen molar-refractivity contribution in [3.05, 3.63) is 35.4 Å². The highest BCUT2D eigenvalue weighted by Gasteiger charge is 2.42. The largest absolute Gasteiger partial charge is 0.328 e. The van der Waals surface area contributed by atoms with Gasteiger partial charge in [-0.1, -0.05) is 24.3 Å². The van der Waals surface area contributed by atoms with Crippen molar-refractivity contribution < 1.29 is 9.59 Å². The first-order valence-electron chi connectivity index (χ1n) is 8.62. The summed E-state index contributed by atoms with van der Waals surface area (Å²) >= 11 is 0. The van der Waals surface area contributed by atoms with Crippen LogP contribution in [0.2, 0.25) is 0 Å². The number of rotatable bonds is 5. The number of nitrogens with zero attached hydrogens (tertiary/aromatic N) is 3. The topological polar surface area (TPSA) is 43.9 Å². The van der Waals surface area contributed by atoms with E-state index in [1.807, 2.05) is 6.92 Å². The van der Waals surface area contributed by atoms with Gasteiger partial charge in [0.1, 0.15) is 6.54 Å². The highest BCUT2D eigenvalue weighted by Crippen LogP contribution is 2.41. The van der Waals surface area contributed by atoms with Gasteiger partial charge < -0.3 is 4.90 Å². The highest BCUT2D eigenvalue weighted by molar-refractivity contribution is 6.01. The summed E-state index contributed by atoms with van der Waals surface area (Å²) in [6.45, 7) is 3.12. The molecular formula is C18H23N3O2. The zero-order chi connectivity index (χ0) is 16.0. The number of hydrogen-bond donors (Lipinski definition) is 0. The van der Waals surface area contributed by atoms with Gasteiger partial charge in [-0.2, -0.15) is 0 Å². The number of carbonyl (C=O) groups is 2. The maximum Gasteiger partial charge on any atom is 0.328 e. The van der Waals surface area contributed by atoms with Gasteiger partial charge in [0.2, 0.25) is 5.91 Å². The minimum Gasteiger partial charge on any atom is -0.302 e. The van der Waals surface area contributed by atoms with Gasteiger partial charge in [-0.3, -0.25) is 14.6 Å². The fourth-order valence-corrected chi connectivity index (χ4v) is 3.97. The van der Waals surface area contributed by atoms with E-state index >= 15 is 0 Å². The third-order valence-corrected chi connectivity index (χ3v) is 5.30. The molecule has 3 aliphatic rings. The second kappa shape index (κ2) is 5.64. The number of amides is 3. The molecular weight excluding hydrogens is 290 g/mol. The lowest BCUT2D eigenvalue weighted by Gasteiger charge is -2.33. The van der Waals surface area contributed by atoms with Crippen LogP contribution in [0.25, 0.3) is 0 Å². The van der Waals surface area contributed by atoms with Crippen molar-refractivity contribution in [2.75, 3.05) is 19.8 Å². The molecule has 1 aromatic rings. The molecule has 1 saturated heterocycles. The zero-order valence-corrected chi connectivity index (χ0v) is 13.6. The summed E-state index contributed by atoms with van der Waals surface area (Å²) in [7, 11) is 0. The molecule has 1 saturated carbocycles. The molecule has 0 bridgehead atoms. The first-order chi connectivity index (χ1) is 11.2. The maximum atomic E-state index is 12.4. The van der Waals surface area contributed by atoms with Gasteiger partial charge in [0.15, 0.2) is 0 Å². The lowest BCUT2D eigenvalue weighted by molar-refractivity contribution is -0.125. The number of urea groups is 1. The van der Waals surface area contributed by atoms with Crippen LogP contribution in [0.5, 0.6) is 0 Å². The lowest BCUT2D eigenvalue weighted by Crippen LogP contribution is -2.43. The van der Waals surface area contributed by atoms with Crippen LogP contribution in [-0.2, 0) is 11.2 Å². The predicted molar refractivity (Wildman–Crippen MR) is 86.7 cm³/mol. The standard InChI is InChI=1S/C18H23N3O2/c1-2-20-17(22)11-19(18(20)23)12-21(14-8-9-14)16-10-7-13-5-3-4-6-15(13)16/h3-6,14,16H,2,7-12H2,1H3/t16-/m1/s1. The van der Waals surface area contributed by atoms with E-state index in [1.165, 1.54) is 28.9 Å². The summed E-state index contributed by atoms with van der Waals surface area (Å²) in [6, 6.07) is 9.45. The van der Waals surface area contributed by atoms with Crippen molar-refractivity contribution in [2.24, 2.45) is 0 Å². The van der Waals surface area contributed by atoms with Gasteiger partial charge in [-0.15, -0.1) is 0 Å². The number of likely N-dealkylation sites (N-methyl/N-ethyl adjacent to an activating group) is 1. The Balaban J connectivity index is 1.54. The minimum atomic E-state index is -0.130. The Morgan fingerprint density at radius 3 is 2.65 bits per heavy atom. The molecule has 0 N–H and O–H groups in total. The van der Waals surface area contributed by atoms with Crippen LogP contribution in [0, 0.1) is 0 Å². The van der Waals surface area contributed by atoms with E-state index in [0.717, 1.165) is 12.8 Å². The molecule has 0 radical (unpaired) electrons. The molecule has 122 valence electrons. The maximum absolute atomic E-state index is 12.4. The van der Waals surface area contributed by atoms with E-state index in [2.05, 4.69) is 29.2 Å². The average Bonchev–Trinajstić information content (AvgIpc) is 3.25. The third kappa shape index (κ3) is 2.53. The summed E-state index contributed by atoms with van der Waals surface area (Å²) in [6.07, 6.45) is 4.62. The van der Waals surface area contributed by atoms with Gasteiger partial charge >= 0.3 is 6.03 Å². The van der Waals surface area contributed by atoms with Crippen molar-refractivity contribution >= 4 is 11.9 Å². The molecule has 0 spiro atoms. The van der Waals surface area contributed by atoms with Gasteiger partial charge in [-0.25, -0.2) is 4.79 Å². The van der Waals surface area contributed by atoms with Crippen molar-refractivity contribution in [2.45, 2.75) is 44.7 Å². The molecule has 0 aromatic heterocycles. The fraction of sp³-hybridized carbons (Fsp3) is 0.556. The molecule has 0 unspecified atom stereocenters. The summed E-state index contributed by atoms with van der Waals surface area (Å²) in [5, 5.41) is 0. The monoisotopic (exact) mass is 313 g/mol. The van der Waals surface area contributed by atoms with E-state index < -0.39 is 0 Å². The second-order valence-electron chi connectivity index (χ2n) is 6.76. The van der Waals surface area contributed by atoms with Crippen LogP contribution in [0.1, 0.15) is 43.4 Å². The zero-order valence-electron chi connectivity index (χ0n) is 13.6. The van der Waals surface area contributed by atoms with Gasteiger partial charge in [0, 0.05) is 18.6 Å². The van der Waals surface area contributed by atoms with Crippen LogP contribution >= 0.6 is 0 Å². The van der Waals surface area contributed by atoms with Crippen molar-refractivity contribution in [1.82, 2.24) is 14.7 Å². The molecule has 5 nitrogen and oxygen atoms in total. The highest BCUT2D eigenvalue weighted by atomic mass is 16.2. The number of hydrogen-bond acceptors (Lipinski definition) is 3. The third-order valence-electron chi connectivity index (χ3n) is 5.30. The molecule has 4 rings (SSSR count). The SMILES string of the molecule is CCN1C(=O)CN(CN(C2CC2)[C@@H]2CCc3ccccc32)C1=O. The molecule has 2 fully saturated rings. The first kappa shape index (κ1) is 14.7. The predicted octanol–water partition coefficient (Wildman–Crippen LogP) is 2.38.